The van der Waals surface area contributed by atoms with Gasteiger partial charge in [-0.25, -0.2) is 13.4 Å². The molecule has 2 aliphatic carbocycles. The number of hydrogen-bond acceptors (Lipinski definition) is 15. The van der Waals surface area contributed by atoms with Gasteiger partial charge in [-0.3, -0.25) is 28.7 Å². The van der Waals surface area contributed by atoms with E-state index >= 15 is 0 Å². The van der Waals surface area contributed by atoms with Gasteiger partial charge in [-0.1, -0.05) is 12.1 Å². The third-order valence-electron chi connectivity index (χ3n) is 8.27. The van der Waals surface area contributed by atoms with E-state index in [-0.39, 0.29) is 36.0 Å². The minimum absolute atomic E-state index is 0.0703. The molecule has 0 aromatic carbocycles. The molecule has 8 rings (SSSR count). The number of H-pyrrole nitrogens is 1. The number of carbonyl (C=O) groups is 4. The Bertz CT molecular complexity index is 1590. The zero-order valence-electron chi connectivity index (χ0n) is 25.5. The Hall–Kier alpha value is -4.08. The lowest BCUT2D eigenvalue weighted by Crippen LogP contribution is -2.41. The predicted molar refractivity (Wildman–Crippen MR) is 158 cm³/mol. The second-order valence-electron chi connectivity index (χ2n) is 11.7. The lowest BCUT2D eigenvalue weighted by atomic mass is 9.88. The number of nitrogens with one attached hydrogen (secondary N) is 1. The van der Waals surface area contributed by atoms with E-state index in [1.807, 2.05) is 48.8 Å². The number of fused-ring (bicyclic) bond motifs is 2. The number of nitrogens with zero attached hydrogens (tertiary/aromatic N) is 1. The first kappa shape index (κ1) is 37.7. The van der Waals surface area contributed by atoms with Crippen molar-refractivity contribution in [1.29, 1.82) is 0 Å². The van der Waals surface area contributed by atoms with E-state index in [0.717, 1.165) is 12.8 Å². The summed E-state index contributed by atoms with van der Waals surface area (Å²) in [5, 5.41) is 17.3. The molecule has 4 aliphatic heterocycles. The summed E-state index contributed by atoms with van der Waals surface area (Å²) in [6, 6.07) is 11.6. The van der Waals surface area contributed by atoms with Crippen molar-refractivity contribution in [3.05, 3.63) is 61.2 Å². The third-order valence-corrected chi connectivity index (χ3v) is 9.47. The Balaban J connectivity index is 0.000000149. The molecule has 20 heteroatoms. The third kappa shape index (κ3) is 10.5. The molecule has 0 amide bonds. The molecule has 18 nitrogen and oxygen atoms in total. The molecule has 6 heterocycles. The van der Waals surface area contributed by atoms with Crippen LogP contribution in [0.2, 0.25) is 0 Å². The van der Waals surface area contributed by atoms with Gasteiger partial charge in [0, 0.05) is 30.4 Å². The number of aliphatic hydroxyl groups is 1. The maximum absolute atomic E-state index is 11.4. The van der Waals surface area contributed by atoms with Crippen LogP contribution in [0.4, 0.5) is 0 Å². The highest BCUT2D eigenvalue weighted by molar-refractivity contribution is 7.86. The van der Waals surface area contributed by atoms with Crippen LogP contribution in [0.1, 0.15) is 19.3 Å². The molecule has 10 unspecified atom stereocenters. The smallest absolute Gasteiger partial charge is 0.321 e. The highest BCUT2D eigenvalue weighted by Gasteiger charge is 2.65. The van der Waals surface area contributed by atoms with Gasteiger partial charge in [0.05, 0.1) is 24.0 Å². The number of carboxylic acids is 1. The lowest BCUT2D eigenvalue weighted by molar-refractivity contribution is -0.378. The Labute approximate surface area is 280 Å². The SMILES string of the molecule is O=C(CS(=O)(=O)[O-])OC1C2CC3C(=O)OC1C3O2.O=C(O)CS(=O)(=O)O.O=C1OC2C(O)C3CC1C2C3.c1cc[nH+]cc1.c1ccncc1. The van der Waals surface area contributed by atoms with Crippen LogP contribution < -0.4 is 4.98 Å². The van der Waals surface area contributed by atoms with Crippen LogP contribution >= 0.6 is 0 Å². The van der Waals surface area contributed by atoms with Gasteiger partial charge in [-0.15, -0.1) is 0 Å². The van der Waals surface area contributed by atoms with Crippen molar-refractivity contribution in [2.24, 2.45) is 23.7 Å². The van der Waals surface area contributed by atoms with Crippen molar-refractivity contribution in [2.75, 3.05) is 11.5 Å². The Kier molecular flexibility index (Phi) is 12.4. The minimum atomic E-state index is -4.68. The Morgan fingerprint density at radius 2 is 1.49 bits per heavy atom. The summed E-state index contributed by atoms with van der Waals surface area (Å²) < 4.78 is 78.6. The van der Waals surface area contributed by atoms with E-state index in [1.54, 1.807) is 12.4 Å². The molecule has 0 radical (unpaired) electrons. The van der Waals surface area contributed by atoms with Crippen molar-refractivity contribution in [3.63, 3.8) is 0 Å². The average molecular weight is 731 g/mol. The molecule has 4 N–H and O–H groups in total. The summed E-state index contributed by atoms with van der Waals surface area (Å²) in [6.07, 6.45) is 6.62. The molecule has 268 valence electrons. The van der Waals surface area contributed by atoms with E-state index in [1.165, 1.54) is 0 Å². The molecular weight excluding hydrogens is 696 g/mol. The minimum Gasteiger partial charge on any atom is -0.748 e. The first-order valence-electron chi connectivity index (χ1n) is 14.8. The number of carboxylic acid groups (broad SMARTS) is 1. The number of ether oxygens (including phenoxy) is 4. The summed E-state index contributed by atoms with van der Waals surface area (Å²) in [7, 11) is -9.00. The van der Waals surface area contributed by atoms with E-state index in [0.29, 0.717) is 18.3 Å². The van der Waals surface area contributed by atoms with Crippen LogP contribution in [0.5, 0.6) is 0 Å². The molecule has 49 heavy (non-hydrogen) atoms. The molecule has 2 aromatic rings. The van der Waals surface area contributed by atoms with E-state index in [4.69, 9.17) is 28.6 Å². The van der Waals surface area contributed by atoms with Crippen molar-refractivity contribution in [3.8, 4) is 0 Å². The van der Waals surface area contributed by atoms with Crippen LogP contribution in [0.15, 0.2) is 61.2 Å². The van der Waals surface area contributed by atoms with Crippen molar-refractivity contribution < 1.29 is 79.3 Å². The number of aliphatic hydroxyl groups excluding tert-OH is 1. The van der Waals surface area contributed by atoms with Gasteiger partial charge in [0.25, 0.3) is 10.1 Å². The predicted octanol–water partition coefficient (Wildman–Crippen LogP) is -1.37. The standard InChI is InChI=1S/C9H10O8S.C8H10O3.2C5H5N.C2H4O5S/c10-5(2-18(12,13)14)16-7-4-1-3-6(15-4)8(7)17-9(3)11;9-6-3-1-4-5(2-3)8(10)11-7(4)6;2*1-2-4-6-5-3-1;3-2(4)1-8(5,6)7/h3-4,6-8H,1-2H2,(H,12,13,14);3-7,9H,1-2H2;2*1-5H;1H2,(H,3,4)(H,5,6,7). The van der Waals surface area contributed by atoms with E-state index in [2.05, 4.69) is 9.97 Å². The number of hydrogen-bond donors (Lipinski definition) is 3. The first-order valence-corrected chi connectivity index (χ1v) is 18.0. The average Bonchev–Trinajstić information content (AvgIpc) is 3.84. The molecule has 6 fully saturated rings. The Morgan fingerprint density at radius 3 is 1.92 bits per heavy atom. The van der Waals surface area contributed by atoms with Crippen LogP contribution in [-0.4, -0.2) is 113 Å². The zero-order chi connectivity index (χ0) is 35.9. The maximum Gasteiger partial charge on any atom is 0.321 e. The molecule has 4 bridgehead atoms. The summed E-state index contributed by atoms with van der Waals surface area (Å²) in [4.78, 5) is 49.9. The topological polar surface area (TPSA) is 284 Å². The van der Waals surface area contributed by atoms with Crippen LogP contribution in [-0.2, 0) is 58.4 Å². The van der Waals surface area contributed by atoms with Crippen LogP contribution in [0.3, 0.4) is 0 Å². The van der Waals surface area contributed by atoms with Crippen molar-refractivity contribution in [2.45, 2.75) is 55.9 Å². The number of aromatic nitrogens is 2. The fourth-order valence-electron chi connectivity index (χ4n) is 6.45. The normalized spacial score (nSPS) is 32.0. The number of carbonyl (C=O) groups excluding carboxylic acids is 3. The number of pyridine rings is 2. The molecule has 0 spiro atoms. The number of esters is 3. The molecule has 6 aliphatic rings. The number of aromatic amines is 1. The summed E-state index contributed by atoms with van der Waals surface area (Å²) in [6.45, 7) is 0. The molecular formula is C29H34N2O16S2. The second kappa shape index (κ2) is 16.1. The van der Waals surface area contributed by atoms with Gasteiger partial charge in [-0.05, 0) is 37.3 Å². The zero-order valence-corrected chi connectivity index (χ0v) is 27.1. The fraction of sp³-hybridized carbons (Fsp3) is 0.517. The highest BCUT2D eigenvalue weighted by Crippen LogP contribution is 2.54. The van der Waals surface area contributed by atoms with Crippen LogP contribution in [0.25, 0.3) is 0 Å². The molecule has 2 saturated carbocycles. The van der Waals surface area contributed by atoms with E-state index in [9.17, 15) is 45.7 Å². The van der Waals surface area contributed by atoms with Crippen LogP contribution in [0, 0.1) is 23.7 Å². The summed E-state index contributed by atoms with van der Waals surface area (Å²) >= 11 is 0. The highest BCUT2D eigenvalue weighted by atomic mass is 32.2. The molecule has 4 saturated heterocycles. The number of aliphatic carboxylic acids is 1. The summed E-state index contributed by atoms with van der Waals surface area (Å²) in [5.74, 6) is -5.12. The quantitative estimate of drug-likeness (QED) is 0.182. The van der Waals surface area contributed by atoms with E-state index < -0.39 is 68.1 Å². The largest absolute Gasteiger partial charge is 0.748 e. The fourth-order valence-corrected chi connectivity index (χ4v) is 7.12. The van der Waals surface area contributed by atoms with Gasteiger partial charge in [-0.2, -0.15) is 8.42 Å². The van der Waals surface area contributed by atoms with Gasteiger partial charge in [0.15, 0.2) is 30.4 Å². The molecule has 2 aromatic heterocycles. The van der Waals surface area contributed by atoms with Gasteiger partial charge in [0.2, 0.25) is 0 Å². The van der Waals surface area contributed by atoms with Crippen molar-refractivity contribution in [1.82, 2.24) is 4.98 Å². The van der Waals surface area contributed by atoms with Gasteiger partial charge in [0.1, 0.15) is 28.1 Å². The monoisotopic (exact) mass is 730 g/mol. The lowest BCUT2D eigenvalue weighted by Gasteiger charge is -2.22. The molecule has 10 atom stereocenters. The van der Waals surface area contributed by atoms with Gasteiger partial charge >= 0.3 is 23.9 Å². The van der Waals surface area contributed by atoms with Gasteiger partial charge < -0.3 is 33.7 Å². The second-order valence-corrected chi connectivity index (χ2v) is 14.5. The first-order chi connectivity index (χ1) is 23.0. The van der Waals surface area contributed by atoms with Crippen molar-refractivity contribution >= 4 is 44.1 Å². The maximum atomic E-state index is 11.4. The number of rotatable bonds is 5. The Morgan fingerprint density at radius 1 is 0.878 bits per heavy atom. The summed E-state index contributed by atoms with van der Waals surface area (Å²) in [5.41, 5.74) is 0.